The average molecular weight is 351 g/mol. The molecule has 0 saturated heterocycles. The maximum atomic E-state index is 13.9. The maximum absolute atomic E-state index is 13.9. The minimum atomic E-state index is -2.87. The molecule has 10 heteroatoms. The summed E-state index contributed by atoms with van der Waals surface area (Å²) in [7, 11) is 0. The van der Waals surface area contributed by atoms with Gasteiger partial charge in [0, 0.05) is 17.3 Å². The van der Waals surface area contributed by atoms with Gasteiger partial charge in [0.05, 0.1) is 18.6 Å². The fraction of sp³-hybridized carbons (Fsp3) is 0.0667. The summed E-state index contributed by atoms with van der Waals surface area (Å²) < 4.78 is 52.2. The summed E-state index contributed by atoms with van der Waals surface area (Å²) in [5, 5.41) is 5.78. The van der Waals surface area contributed by atoms with Crippen LogP contribution >= 0.6 is 0 Å². The number of anilines is 1. The average Bonchev–Trinajstić information content (AvgIpc) is 3.07. The Morgan fingerprint density at radius 1 is 1.12 bits per heavy atom. The number of hydrogen-bond donors (Lipinski definition) is 1. The third-order valence-corrected chi connectivity index (χ3v) is 3.17. The molecule has 128 valence electrons. The number of halogens is 4. The summed E-state index contributed by atoms with van der Waals surface area (Å²) in [6.45, 7) is -2.87. The summed E-state index contributed by atoms with van der Waals surface area (Å²) in [5.74, 6) is -2.02. The molecule has 6 nitrogen and oxygen atoms in total. The van der Waals surface area contributed by atoms with Gasteiger partial charge in [-0.15, -0.1) is 0 Å². The van der Waals surface area contributed by atoms with Gasteiger partial charge in [-0.3, -0.25) is 4.79 Å². The van der Waals surface area contributed by atoms with Crippen molar-refractivity contribution in [3.63, 3.8) is 0 Å². The Labute approximate surface area is 138 Å². The predicted octanol–water partition coefficient (Wildman–Crippen LogP) is 3.27. The molecular formula is C15H9F4N5O. The first-order valence-electron chi connectivity index (χ1n) is 6.85. The number of carbonyl (C=O) groups excluding carboxylic acids is 1. The third kappa shape index (κ3) is 3.62. The summed E-state index contributed by atoms with van der Waals surface area (Å²) in [6, 6.07) is 3.44. The van der Waals surface area contributed by atoms with Gasteiger partial charge in [-0.2, -0.15) is 13.9 Å². The monoisotopic (exact) mass is 351 g/mol. The van der Waals surface area contributed by atoms with Crippen molar-refractivity contribution < 1.29 is 22.4 Å². The van der Waals surface area contributed by atoms with Crippen molar-refractivity contribution in [2.75, 3.05) is 5.32 Å². The molecule has 0 aromatic carbocycles. The van der Waals surface area contributed by atoms with Gasteiger partial charge < -0.3 is 5.32 Å². The van der Waals surface area contributed by atoms with Crippen LogP contribution in [-0.4, -0.2) is 25.7 Å². The van der Waals surface area contributed by atoms with Gasteiger partial charge in [0.15, 0.2) is 0 Å². The molecule has 0 bridgehead atoms. The van der Waals surface area contributed by atoms with Gasteiger partial charge in [-0.05, 0) is 18.2 Å². The number of pyridine rings is 2. The second-order valence-electron chi connectivity index (χ2n) is 4.85. The molecule has 3 aromatic rings. The Bertz CT molecular complexity index is 911. The van der Waals surface area contributed by atoms with Crippen LogP contribution in [0.15, 0.2) is 43.0 Å². The molecular weight excluding hydrogens is 342 g/mol. The molecule has 0 aliphatic rings. The van der Waals surface area contributed by atoms with Crippen molar-refractivity contribution in [3.05, 3.63) is 60.3 Å². The van der Waals surface area contributed by atoms with E-state index in [1.807, 2.05) is 0 Å². The van der Waals surface area contributed by atoms with E-state index in [9.17, 15) is 22.4 Å². The van der Waals surface area contributed by atoms with Crippen molar-refractivity contribution in [1.29, 1.82) is 0 Å². The normalized spacial score (nSPS) is 10.9. The van der Waals surface area contributed by atoms with Gasteiger partial charge in [-0.1, -0.05) is 0 Å². The van der Waals surface area contributed by atoms with Gasteiger partial charge in [0.25, 0.3) is 5.91 Å². The molecule has 0 radical (unpaired) electrons. The minimum Gasteiger partial charge on any atom is -0.305 e. The van der Waals surface area contributed by atoms with E-state index in [0.717, 1.165) is 36.9 Å². The maximum Gasteiger partial charge on any atom is 0.333 e. The first-order chi connectivity index (χ1) is 11.9. The van der Waals surface area contributed by atoms with Crippen molar-refractivity contribution >= 4 is 11.7 Å². The Balaban J connectivity index is 1.87. The lowest BCUT2D eigenvalue weighted by Gasteiger charge is -2.06. The zero-order valence-electron chi connectivity index (χ0n) is 12.3. The summed E-state index contributed by atoms with van der Waals surface area (Å²) in [4.78, 5) is 19.5. The van der Waals surface area contributed by atoms with E-state index < -0.39 is 24.1 Å². The number of alkyl halides is 2. The molecule has 1 amide bonds. The van der Waals surface area contributed by atoms with Crippen LogP contribution in [0.3, 0.4) is 0 Å². The van der Waals surface area contributed by atoms with Gasteiger partial charge in [0.1, 0.15) is 23.1 Å². The Hall–Kier alpha value is -3.30. The SMILES string of the molecule is O=C(Nc1ccc(F)cn1)c1cc(-c2cnn(C(F)F)c2)c(F)cn1. The van der Waals surface area contributed by atoms with Crippen LogP contribution in [0.4, 0.5) is 23.4 Å². The lowest BCUT2D eigenvalue weighted by atomic mass is 10.1. The van der Waals surface area contributed by atoms with Crippen molar-refractivity contribution in [2.24, 2.45) is 0 Å². The van der Waals surface area contributed by atoms with E-state index in [0.29, 0.717) is 4.68 Å². The highest BCUT2D eigenvalue weighted by Gasteiger charge is 2.16. The van der Waals surface area contributed by atoms with E-state index in [1.54, 1.807) is 0 Å². The van der Waals surface area contributed by atoms with Gasteiger partial charge >= 0.3 is 6.55 Å². The first-order valence-corrected chi connectivity index (χ1v) is 6.85. The number of carbonyl (C=O) groups is 1. The highest BCUT2D eigenvalue weighted by atomic mass is 19.3. The second-order valence-corrected chi connectivity index (χ2v) is 4.85. The molecule has 0 atom stereocenters. The van der Waals surface area contributed by atoms with Crippen LogP contribution in [-0.2, 0) is 0 Å². The first kappa shape index (κ1) is 16.6. The van der Waals surface area contributed by atoms with Crippen LogP contribution in [0.2, 0.25) is 0 Å². The van der Waals surface area contributed by atoms with E-state index in [4.69, 9.17) is 0 Å². The second kappa shape index (κ2) is 6.67. The number of amides is 1. The standard InChI is InChI=1S/C15H9F4N5O/c16-9-1-2-13(21-5-9)23-14(25)12-3-10(11(17)6-20-12)8-4-22-24(7-8)15(18)19/h1-7,15H,(H,21,23,25). The fourth-order valence-corrected chi connectivity index (χ4v) is 2.00. The number of nitrogens with zero attached hydrogens (tertiary/aromatic N) is 4. The van der Waals surface area contributed by atoms with Crippen molar-refractivity contribution in [2.45, 2.75) is 6.55 Å². The fourth-order valence-electron chi connectivity index (χ4n) is 2.00. The van der Waals surface area contributed by atoms with Crippen LogP contribution in [0, 0.1) is 11.6 Å². The largest absolute Gasteiger partial charge is 0.333 e. The zero-order chi connectivity index (χ0) is 18.0. The topological polar surface area (TPSA) is 72.7 Å². The van der Waals surface area contributed by atoms with Gasteiger partial charge in [-0.25, -0.2) is 23.4 Å². The molecule has 0 aliphatic carbocycles. The van der Waals surface area contributed by atoms with E-state index >= 15 is 0 Å². The summed E-state index contributed by atoms with van der Waals surface area (Å²) in [5.41, 5.74) is -0.222. The van der Waals surface area contributed by atoms with Gasteiger partial charge in [0.2, 0.25) is 0 Å². The van der Waals surface area contributed by atoms with Crippen LogP contribution < -0.4 is 5.32 Å². The molecule has 25 heavy (non-hydrogen) atoms. The van der Waals surface area contributed by atoms with E-state index in [-0.39, 0.29) is 22.6 Å². The highest BCUT2D eigenvalue weighted by molar-refractivity contribution is 6.02. The van der Waals surface area contributed by atoms with Crippen molar-refractivity contribution in [1.82, 2.24) is 19.7 Å². The Morgan fingerprint density at radius 2 is 1.92 bits per heavy atom. The molecule has 3 rings (SSSR count). The minimum absolute atomic E-state index is 0.0640. The highest BCUT2D eigenvalue weighted by Crippen LogP contribution is 2.24. The third-order valence-electron chi connectivity index (χ3n) is 3.17. The summed E-state index contributed by atoms with van der Waals surface area (Å²) in [6.07, 6.45) is 3.71. The lowest BCUT2D eigenvalue weighted by molar-refractivity contribution is 0.0566. The van der Waals surface area contributed by atoms with Crippen LogP contribution in [0.25, 0.3) is 11.1 Å². The molecule has 0 saturated carbocycles. The Kier molecular flexibility index (Phi) is 4.42. The van der Waals surface area contributed by atoms with E-state index in [1.165, 1.54) is 6.07 Å². The molecule has 0 unspecified atom stereocenters. The predicted molar refractivity (Wildman–Crippen MR) is 78.8 cm³/mol. The number of aromatic nitrogens is 4. The zero-order valence-corrected chi connectivity index (χ0v) is 12.3. The van der Waals surface area contributed by atoms with Crippen LogP contribution in [0.5, 0.6) is 0 Å². The van der Waals surface area contributed by atoms with Crippen molar-refractivity contribution in [3.8, 4) is 11.1 Å². The Morgan fingerprint density at radius 3 is 2.56 bits per heavy atom. The molecule has 3 aromatic heterocycles. The number of rotatable bonds is 4. The van der Waals surface area contributed by atoms with Crippen LogP contribution in [0.1, 0.15) is 17.0 Å². The molecule has 0 fully saturated rings. The molecule has 0 spiro atoms. The smallest absolute Gasteiger partial charge is 0.305 e. The summed E-state index contributed by atoms with van der Waals surface area (Å²) >= 11 is 0. The number of nitrogens with one attached hydrogen (secondary N) is 1. The quantitative estimate of drug-likeness (QED) is 0.733. The molecule has 1 N–H and O–H groups in total. The molecule has 3 heterocycles. The van der Waals surface area contributed by atoms with E-state index in [2.05, 4.69) is 20.4 Å². The number of hydrogen-bond acceptors (Lipinski definition) is 4. The lowest BCUT2D eigenvalue weighted by Crippen LogP contribution is -2.15. The molecule has 0 aliphatic heterocycles.